The Hall–Kier alpha value is -1.50. The molecular formula is C14H19N. The largest absolute Gasteiger partial charge is 0.378 e. The Labute approximate surface area is 92.7 Å². The minimum atomic E-state index is 1.04. The van der Waals surface area contributed by atoms with Crippen LogP contribution in [0.15, 0.2) is 36.9 Å². The minimum Gasteiger partial charge on any atom is -0.378 e. The van der Waals surface area contributed by atoms with Gasteiger partial charge in [0.05, 0.1) is 0 Å². The molecule has 1 rings (SSSR count). The third-order valence-electron chi connectivity index (χ3n) is 2.62. The lowest BCUT2D eigenvalue weighted by molar-refractivity contribution is 0.593. The van der Waals surface area contributed by atoms with Crippen LogP contribution in [0.4, 0.5) is 0 Å². The van der Waals surface area contributed by atoms with Crippen molar-refractivity contribution < 1.29 is 0 Å². The van der Waals surface area contributed by atoms with E-state index >= 15 is 0 Å². The Bertz CT molecular complexity index is 386. The molecule has 0 unspecified atom stereocenters. The standard InChI is InChI=1S/C14H19N/c1-6-11(2)13-8-7-9-14(10-13)12(3)15(4)5/h6-10H,3H2,1-2,4-5H3/b11-6+. The summed E-state index contributed by atoms with van der Waals surface area (Å²) < 4.78 is 0. The van der Waals surface area contributed by atoms with Crippen LogP contribution in [0.25, 0.3) is 11.3 Å². The van der Waals surface area contributed by atoms with Crippen LogP contribution in [0.5, 0.6) is 0 Å². The summed E-state index contributed by atoms with van der Waals surface area (Å²) in [5.41, 5.74) is 4.78. The Morgan fingerprint density at radius 3 is 2.40 bits per heavy atom. The first-order chi connectivity index (χ1) is 7.06. The maximum atomic E-state index is 4.06. The van der Waals surface area contributed by atoms with E-state index in [1.807, 2.05) is 19.0 Å². The van der Waals surface area contributed by atoms with Crippen molar-refractivity contribution in [2.75, 3.05) is 14.1 Å². The predicted octanol–water partition coefficient (Wildman–Crippen LogP) is 3.64. The summed E-state index contributed by atoms with van der Waals surface area (Å²) in [6.45, 7) is 8.24. The molecule has 1 aromatic rings. The monoisotopic (exact) mass is 201 g/mol. The van der Waals surface area contributed by atoms with Gasteiger partial charge >= 0.3 is 0 Å². The first-order valence-electron chi connectivity index (χ1n) is 5.16. The van der Waals surface area contributed by atoms with Gasteiger partial charge in [-0.05, 0) is 36.6 Å². The van der Waals surface area contributed by atoms with E-state index in [0.29, 0.717) is 0 Å². The van der Waals surface area contributed by atoms with Gasteiger partial charge in [-0.25, -0.2) is 0 Å². The molecule has 15 heavy (non-hydrogen) atoms. The second-order valence-corrected chi connectivity index (χ2v) is 3.89. The van der Waals surface area contributed by atoms with Crippen LogP contribution >= 0.6 is 0 Å². The Morgan fingerprint density at radius 2 is 1.87 bits per heavy atom. The Balaban J connectivity index is 3.08. The normalized spacial score (nSPS) is 11.3. The first-order valence-corrected chi connectivity index (χ1v) is 5.16. The molecule has 0 saturated heterocycles. The van der Waals surface area contributed by atoms with E-state index in [2.05, 4.69) is 50.8 Å². The molecule has 0 aliphatic carbocycles. The topological polar surface area (TPSA) is 3.24 Å². The van der Waals surface area contributed by atoms with Crippen LogP contribution in [0.2, 0.25) is 0 Å². The average molecular weight is 201 g/mol. The number of nitrogens with zero attached hydrogens (tertiary/aromatic N) is 1. The van der Waals surface area contributed by atoms with Crippen LogP contribution < -0.4 is 0 Å². The number of benzene rings is 1. The SMILES string of the molecule is C=C(c1cccc(/C(C)=C/C)c1)N(C)C. The summed E-state index contributed by atoms with van der Waals surface area (Å²) in [6.07, 6.45) is 2.12. The molecule has 0 radical (unpaired) electrons. The summed E-state index contributed by atoms with van der Waals surface area (Å²) in [4.78, 5) is 2.03. The third-order valence-corrected chi connectivity index (χ3v) is 2.62. The van der Waals surface area contributed by atoms with Gasteiger partial charge < -0.3 is 4.90 Å². The lowest BCUT2D eigenvalue weighted by Gasteiger charge is -2.16. The van der Waals surface area contributed by atoms with Crippen molar-refractivity contribution in [3.05, 3.63) is 48.0 Å². The Kier molecular flexibility index (Phi) is 3.73. The first kappa shape index (κ1) is 11.6. The fourth-order valence-corrected chi connectivity index (χ4v) is 1.37. The molecule has 0 bridgehead atoms. The predicted molar refractivity (Wildman–Crippen MR) is 68.5 cm³/mol. The van der Waals surface area contributed by atoms with Crippen molar-refractivity contribution in [3.63, 3.8) is 0 Å². The zero-order valence-corrected chi connectivity index (χ0v) is 10.0. The summed E-state index contributed by atoms with van der Waals surface area (Å²) in [5, 5.41) is 0. The van der Waals surface area contributed by atoms with Crippen molar-refractivity contribution >= 4 is 11.3 Å². The van der Waals surface area contributed by atoms with Crippen LogP contribution in [-0.2, 0) is 0 Å². The van der Waals surface area contributed by atoms with Crippen LogP contribution in [0.3, 0.4) is 0 Å². The fraction of sp³-hybridized carbons (Fsp3) is 0.286. The van der Waals surface area contributed by atoms with E-state index in [0.717, 1.165) is 5.70 Å². The quantitative estimate of drug-likeness (QED) is 0.721. The van der Waals surface area contributed by atoms with Crippen LogP contribution in [0, 0.1) is 0 Å². The van der Waals surface area contributed by atoms with Crippen molar-refractivity contribution in [1.29, 1.82) is 0 Å². The molecular weight excluding hydrogens is 182 g/mol. The number of hydrogen-bond acceptors (Lipinski definition) is 1. The van der Waals surface area contributed by atoms with E-state index in [-0.39, 0.29) is 0 Å². The van der Waals surface area contributed by atoms with Gasteiger partial charge in [-0.1, -0.05) is 30.9 Å². The number of allylic oxidation sites excluding steroid dienone is 2. The van der Waals surface area contributed by atoms with Gasteiger partial charge in [0.2, 0.25) is 0 Å². The summed E-state index contributed by atoms with van der Waals surface area (Å²) in [7, 11) is 4.02. The van der Waals surface area contributed by atoms with Gasteiger partial charge in [-0.15, -0.1) is 0 Å². The molecule has 1 nitrogen and oxygen atoms in total. The highest BCUT2D eigenvalue weighted by Gasteiger charge is 2.02. The molecule has 0 amide bonds. The Morgan fingerprint density at radius 1 is 1.27 bits per heavy atom. The molecule has 0 saturated carbocycles. The van der Waals surface area contributed by atoms with E-state index < -0.39 is 0 Å². The van der Waals surface area contributed by atoms with Crippen LogP contribution in [0.1, 0.15) is 25.0 Å². The number of hydrogen-bond donors (Lipinski definition) is 0. The van der Waals surface area contributed by atoms with Crippen molar-refractivity contribution in [1.82, 2.24) is 4.90 Å². The minimum absolute atomic E-state index is 1.04. The molecule has 0 heterocycles. The van der Waals surface area contributed by atoms with E-state index in [9.17, 15) is 0 Å². The molecule has 0 aliphatic rings. The zero-order valence-electron chi connectivity index (χ0n) is 10.0. The maximum Gasteiger partial charge on any atom is 0.0361 e. The van der Waals surface area contributed by atoms with E-state index in [1.165, 1.54) is 16.7 Å². The summed E-state index contributed by atoms with van der Waals surface area (Å²) in [5.74, 6) is 0. The highest BCUT2D eigenvalue weighted by atomic mass is 15.1. The summed E-state index contributed by atoms with van der Waals surface area (Å²) >= 11 is 0. The van der Waals surface area contributed by atoms with Gasteiger partial charge in [-0.2, -0.15) is 0 Å². The molecule has 0 aliphatic heterocycles. The highest BCUT2D eigenvalue weighted by molar-refractivity contribution is 5.69. The number of rotatable bonds is 3. The summed E-state index contributed by atoms with van der Waals surface area (Å²) in [6, 6.07) is 8.47. The smallest absolute Gasteiger partial charge is 0.0361 e. The second-order valence-electron chi connectivity index (χ2n) is 3.89. The third kappa shape index (κ3) is 2.72. The zero-order chi connectivity index (χ0) is 11.4. The van der Waals surface area contributed by atoms with E-state index in [1.54, 1.807) is 0 Å². The van der Waals surface area contributed by atoms with Crippen molar-refractivity contribution in [3.8, 4) is 0 Å². The van der Waals surface area contributed by atoms with Gasteiger partial charge in [0.25, 0.3) is 0 Å². The molecule has 0 N–H and O–H groups in total. The average Bonchev–Trinajstić information content (AvgIpc) is 2.27. The van der Waals surface area contributed by atoms with Crippen LogP contribution in [-0.4, -0.2) is 19.0 Å². The van der Waals surface area contributed by atoms with Gasteiger partial charge in [0, 0.05) is 19.8 Å². The lowest BCUT2D eigenvalue weighted by Crippen LogP contribution is -2.08. The lowest BCUT2D eigenvalue weighted by atomic mass is 10.0. The maximum absolute atomic E-state index is 4.06. The highest BCUT2D eigenvalue weighted by Crippen LogP contribution is 2.20. The molecule has 1 heteroatoms. The van der Waals surface area contributed by atoms with E-state index in [4.69, 9.17) is 0 Å². The second kappa shape index (κ2) is 4.83. The molecule has 0 aromatic heterocycles. The molecule has 0 spiro atoms. The van der Waals surface area contributed by atoms with Gasteiger partial charge in [0.15, 0.2) is 0 Å². The van der Waals surface area contributed by atoms with Gasteiger partial charge in [-0.3, -0.25) is 0 Å². The van der Waals surface area contributed by atoms with Crippen molar-refractivity contribution in [2.45, 2.75) is 13.8 Å². The molecule has 1 aromatic carbocycles. The fourth-order valence-electron chi connectivity index (χ4n) is 1.37. The van der Waals surface area contributed by atoms with Crippen molar-refractivity contribution in [2.24, 2.45) is 0 Å². The van der Waals surface area contributed by atoms with Gasteiger partial charge in [0.1, 0.15) is 0 Å². The molecule has 0 atom stereocenters. The molecule has 80 valence electrons. The molecule has 0 fully saturated rings.